The van der Waals surface area contributed by atoms with Crippen LogP contribution in [0.5, 0.6) is 0 Å². The van der Waals surface area contributed by atoms with Gasteiger partial charge >= 0.3 is 18.5 Å². The molecule has 0 bridgehead atoms. The van der Waals surface area contributed by atoms with Crippen molar-refractivity contribution in [3.63, 3.8) is 0 Å². The predicted molar refractivity (Wildman–Crippen MR) is 109 cm³/mol. The molecule has 13 heteroatoms. The van der Waals surface area contributed by atoms with E-state index in [1.807, 2.05) is 5.32 Å². The maximum Gasteiger partial charge on any atom is 0.414 e. The standard InChI is InChI=1S/C20H24F3N5O5/c21-15-9-13(27-11-14(33-20(27)31)10-24-18(29)17(22)23)3-4-16(15)26-5-6-28(32-8-7-26)19(30)25-12-1-2-12/h3-4,9,12,14,17H,1-2,5-8,10-11H2,(H,24,29)(H,25,30)/t14-/m0/s1. The third-order valence-electron chi connectivity index (χ3n) is 5.47. The van der Waals surface area contributed by atoms with E-state index in [9.17, 15) is 27.6 Å². The summed E-state index contributed by atoms with van der Waals surface area (Å²) in [6.45, 7) is 0.870. The predicted octanol–water partition coefficient (Wildman–Crippen LogP) is 1.46. The molecule has 2 saturated heterocycles. The number of nitrogens with one attached hydrogen (secondary N) is 2. The average molecular weight is 471 g/mol. The van der Waals surface area contributed by atoms with Gasteiger partial charge in [-0.3, -0.25) is 14.5 Å². The lowest BCUT2D eigenvalue weighted by atomic mass is 10.2. The van der Waals surface area contributed by atoms with Crippen LogP contribution in [0.4, 0.5) is 34.1 Å². The Morgan fingerprint density at radius 1 is 1.18 bits per heavy atom. The molecule has 1 atom stereocenters. The summed E-state index contributed by atoms with van der Waals surface area (Å²) in [7, 11) is 0. The molecule has 1 aromatic carbocycles. The number of hydrogen-bond donors (Lipinski definition) is 2. The fourth-order valence-electron chi connectivity index (χ4n) is 3.57. The molecule has 3 fully saturated rings. The molecule has 0 spiro atoms. The summed E-state index contributed by atoms with van der Waals surface area (Å²) < 4.78 is 44.6. The van der Waals surface area contributed by atoms with Gasteiger partial charge in [-0.15, -0.1) is 0 Å². The molecule has 1 aromatic rings. The summed E-state index contributed by atoms with van der Waals surface area (Å²) >= 11 is 0. The molecule has 10 nitrogen and oxygen atoms in total. The third kappa shape index (κ3) is 5.59. The van der Waals surface area contributed by atoms with Crippen LogP contribution in [0.25, 0.3) is 0 Å². The van der Waals surface area contributed by atoms with E-state index in [1.165, 1.54) is 22.1 Å². The zero-order valence-electron chi connectivity index (χ0n) is 17.6. The monoisotopic (exact) mass is 471 g/mol. The zero-order valence-corrected chi connectivity index (χ0v) is 17.6. The quantitative estimate of drug-likeness (QED) is 0.651. The lowest BCUT2D eigenvalue weighted by Gasteiger charge is -2.24. The molecule has 2 heterocycles. The van der Waals surface area contributed by atoms with E-state index in [-0.39, 0.29) is 44.0 Å². The van der Waals surface area contributed by atoms with Crippen molar-refractivity contribution in [1.29, 1.82) is 0 Å². The summed E-state index contributed by atoms with van der Waals surface area (Å²) in [6.07, 6.45) is -2.85. The Bertz CT molecular complexity index is 916. The number of ether oxygens (including phenoxy) is 1. The zero-order chi connectivity index (χ0) is 23.5. The van der Waals surface area contributed by atoms with Crippen LogP contribution < -0.4 is 20.4 Å². The molecule has 180 valence electrons. The molecular weight excluding hydrogens is 447 g/mol. The summed E-state index contributed by atoms with van der Waals surface area (Å²) in [4.78, 5) is 43.7. The smallest absolute Gasteiger partial charge is 0.414 e. The number of anilines is 2. The number of cyclic esters (lactones) is 1. The van der Waals surface area contributed by atoms with Gasteiger partial charge in [0.2, 0.25) is 0 Å². The van der Waals surface area contributed by atoms with E-state index < -0.39 is 30.3 Å². The highest BCUT2D eigenvalue weighted by Crippen LogP contribution is 2.28. The van der Waals surface area contributed by atoms with E-state index in [4.69, 9.17) is 9.57 Å². The number of carbonyl (C=O) groups is 3. The van der Waals surface area contributed by atoms with Gasteiger partial charge in [0.05, 0.1) is 37.6 Å². The molecule has 2 N–H and O–H groups in total. The summed E-state index contributed by atoms with van der Waals surface area (Å²) in [5.74, 6) is -2.03. The second kappa shape index (κ2) is 9.73. The van der Waals surface area contributed by atoms with E-state index in [0.717, 1.165) is 12.8 Å². The molecule has 3 aliphatic rings. The number of alkyl halides is 2. The highest BCUT2D eigenvalue weighted by atomic mass is 19.3. The van der Waals surface area contributed by atoms with Crippen molar-refractivity contribution in [3.8, 4) is 0 Å². The van der Waals surface area contributed by atoms with Gasteiger partial charge in [-0.25, -0.2) is 19.0 Å². The van der Waals surface area contributed by atoms with Gasteiger partial charge in [-0.1, -0.05) is 0 Å². The van der Waals surface area contributed by atoms with Gasteiger partial charge in [-0.2, -0.15) is 8.78 Å². The first-order chi connectivity index (χ1) is 15.8. The van der Waals surface area contributed by atoms with E-state index >= 15 is 0 Å². The topological polar surface area (TPSA) is 103 Å². The molecule has 1 aliphatic carbocycles. The van der Waals surface area contributed by atoms with Gasteiger partial charge in [0.15, 0.2) is 0 Å². The van der Waals surface area contributed by atoms with Crippen LogP contribution in [0, 0.1) is 5.82 Å². The summed E-state index contributed by atoms with van der Waals surface area (Å²) in [5, 5.41) is 6.09. The number of carbonyl (C=O) groups excluding carboxylic acids is 3. The maximum atomic E-state index is 14.9. The number of amides is 4. The second-order valence-corrected chi connectivity index (χ2v) is 7.94. The lowest BCUT2D eigenvalue weighted by Crippen LogP contribution is -2.42. The fourth-order valence-corrected chi connectivity index (χ4v) is 3.57. The molecule has 0 aromatic heterocycles. The summed E-state index contributed by atoms with van der Waals surface area (Å²) in [5.41, 5.74) is 0.528. The Morgan fingerprint density at radius 3 is 2.67 bits per heavy atom. The number of urea groups is 1. The fraction of sp³-hybridized carbons (Fsp3) is 0.550. The Morgan fingerprint density at radius 2 is 1.97 bits per heavy atom. The second-order valence-electron chi connectivity index (χ2n) is 7.94. The van der Waals surface area contributed by atoms with Crippen LogP contribution in [0.3, 0.4) is 0 Å². The van der Waals surface area contributed by atoms with Crippen molar-refractivity contribution >= 4 is 29.4 Å². The highest BCUT2D eigenvalue weighted by molar-refractivity contribution is 5.90. The molecule has 4 amide bonds. The van der Waals surface area contributed by atoms with Gasteiger partial charge in [-0.05, 0) is 31.0 Å². The number of nitrogens with zero attached hydrogens (tertiary/aromatic N) is 3. The van der Waals surface area contributed by atoms with Crippen LogP contribution >= 0.6 is 0 Å². The molecule has 0 unspecified atom stereocenters. The van der Waals surface area contributed by atoms with Crippen LogP contribution in [-0.4, -0.2) is 81.0 Å². The minimum Gasteiger partial charge on any atom is -0.442 e. The van der Waals surface area contributed by atoms with Crippen molar-refractivity contribution in [2.45, 2.75) is 31.4 Å². The van der Waals surface area contributed by atoms with Gasteiger partial charge in [0, 0.05) is 19.1 Å². The van der Waals surface area contributed by atoms with Gasteiger partial charge < -0.3 is 20.3 Å². The SMILES string of the molecule is O=C(NC[C@H]1CN(c2ccc(N3CCON(C(=O)NC4CC4)CC3)c(F)c2)C(=O)O1)C(F)F. The number of halogens is 3. The molecular formula is C20H24F3N5O5. The Kier molecular flexibility index (Phi) is 6.77. The van der Waals surface area contributed by atoms with Gasteiger partial charge in [0.25, 0.3) is 5.91 Å². The Labute approximate surface area is 187 Å². The Balaban J connectivity index is 1.35. The molecule has 33 heavy (non-hydrogen) atoms. The molecule has 4 rings (SSSR count). The number of hydrogen-bond acceptors (Lipinski definition) is 6. The normalized spacial score (nSPS) is 21.2. The van der Waals surface area contributed by atoms with Crippen molar-refractivity contribution in [2.75, 3.05) is 49.1 Å². The van der Waals surface area contributed by atoms with E-state index in [2.05, 4.69) is 5.32 Å². The van der Waals surface area contributed by atoms with Gasteiger partial charge in [0.1, 0.15) is 11.9 Å². The lowest BCUT2D eigenvalue weighted by molar-refractivity contribution is -0.132. The van der Waals surface area contributed by atoms with Crippen molar-refractivity contribution < 1.29 is 37.1 Å². The average Bonchev–Trinajstić information content (AvgIpc) is 3.56. The molecule has 1 saturated carbocycles. The third-order valence-corrected chi connectivity index (χ3v) is 5.47. The number of rotatable bonds is 6. The van der Waals surface area contributed by atoms with Crippen LogP contribution in [0.1, 0.15) is 12.8 Å². The maximum absolute atomic E-state index is 14.9. The van der Waals surface area contributed by atoms with E-state index in [1.54, 1.807) is 11.0 Å². The molecule has 0 radical (unpaired) electrons. The van der Waals surface area contributed by atoms with Crippen molar-refractivity contribution in [3.05, 3.63) is 24.0 Å². The van der Waals surface area contributed by atoms with Crippen LogP contribution in [0.2, 0.25) is 0 Å². The number of benzene rings is 1. The first kappa shape index (κ1) is 23.0. The van der Waals surface area contributed by atoms with Crippen molar-refractivity contribution in [2.24, 2.45) is 0 Å². The Hall–Kier alpha value is -3.22. The first-order valence-corrected chi connectivity index (χ1v) is 10.6. The van der Waals surface area contributed by atoms with Crippen LogP contribution in [-0.2, 0) is 14.4 Å². The minimum absolute atomic E-state index is 0.0240. The molecule has 2 aliphatic heterocycles. The first-order valence-electron chi connectivity index (χ1n) is 10.6. The van der Waals surface area contributed by atoms with E-state index in [0.29, 0.717) is 18.8 Å². The minimum atomic E-state index is -3.16. The summed E-state index contributed by atoms with van der Waals surface area (Å²) in [6, 6.07) is 4.14. The van der Waals surface area contributed by atoms with Crippen molar-refractivity contribution in [1.82, 2.24) is 15.7 Å². The number of hydroxylamine groups is 2. The highest BCUT2D eigenvalue weighted by Gasteiger charge is 2.34. The van der Waals surface area contributed by atoms with Crippen LogP contribution in [0.15, 0.2) is 18.2 Å². The largest absolute Gasteiger partial charge is 0.442 e.